The van der Waals surface area contributed by atoms with Crippen LogP contribution in [0.2, 0.25) is 0 Å². The second kappa shape index (κ2) is 10.9. The summed E-state index contributed by atoms with van der Waals surface area (Å²) in [6, 6.07) is 18.4. The van der Waals surface area contributed by atoms with Crippen LogP contribution in [-0.2, 0) is 12.8 Å². The van der Waals surface area contributed by atoms with Gasteiger partial charge in [0, 0.05) is 48.1 Å². The Bertz CT molecular complexity index is 1350. The molecule has 3 heterocycles. The first kappa shape index (κ1) is 24.6. The van der Waals surface area contributed by atoms with Crippen molar-refractivity contribution in [2.24, 2.45) is 0 Å². The zero-order valence-corrected chi connectivity index (χ0v) is 22.6. The van der Waals surface area contributed by atoms with Gasteiger partial charge in [0.1, 0.15) is 16.5 Å². The molecule has 5 rings (SSSR count). The van der Waals surface area contributed by atoms with Crippen molar-refractivity contribution in [2.75, 3.05) is 42.7 Å². The molecule has 186 valence electrons. The Hall–Kier alpha value is -3.10. The largest absolute Gasteiger partial charge is 0.352 e. The van der Waals surface area contributed by atoms with E-state index < -0.39 is 0 Å². The lowest BCUT2D eigenvalue weighted by Gasteiger charge is -2.35. The highest BCUT2D eigenvalue weighted by Gasteiger charge is 2.25. The number of carbonyl (C=O) groups is 1. The molecule has 0 saturated carbocycles. The van der Waals surface area contributed by atoms with Crippen LogP contribution in [0.25, 0.3) is 10.2 Å². The van der Waals surface area contributed by atoms with Crippen molar-refractivity contribution < 1.29 is 4.79 Å². The van der Waals surface area contributed by atoms with Gasteiger partial charge in [0.05, 0.1) is 5.39 Å². The van der Waals surface area contributed by atoms with E-state index in [1.165, 1.54) is 20.9 Å². The summed E-state index contributed by atoms with van der Waals surface area (Å²) in [5.74, 6) is 1.90. The summed E-state index contributed by atoms with van der Waals surface area (Å²) >= 11 is 3.44. The Morgan fingerprint density at radius 3 is 2.39 bits per heavy atom. The second-order valence-electron chi connectivity index (χ2n) is 9.05. The summed E-state index contributed by atoms with van der Waals surface area (Å²) in [6.07, 6.45) is 3.77. The minimum absolute atomic E-state index is 0.0505. The molecule has 1 N–H and O–H groups in total. The second-order valence-corrected chi connectivity index (χ2v) is 11.1. The molecule has 8 heteroatoms. The van der Waals surface area contributed by atoms with Crippen LogP contribution >= 0.6 is 23.1 Å². The number of amides is 2. The summed E-state index contributed by atoms with van der Waals surface area (Å²) in [6.45, 7) is 7.12. The Balaban J connectivity index is 1.30. The number of carbonyl (C=O) groups excluding carboxylic acids is 1. The first-order chi connectivity index (χ1) is 17.5. The van der Waals surface area contributed by atoms with E-state index in [1.54, 1.807) is 23.1 Å². The molecule has 2 amide bonds. The fourth-order valence-corrected chi connectivity index (χ4v) is 5.96. The Kier molecular flexibility index (Phi) is 7.43. The van der Waals surface area contributed by atoms with E-state index in [2.05, 4.69) is 48.3 Å². The quantitative estimate of drug-likeness (QED) is 0.310. The molecule has 1 aliphatic rings. The molecule has 6 nitrogen and oxygen atoms in total. The first-order valence-electron chi connectivity index (χ1n) is 12.3. The molecule has 0 spiro atoms. The predicted octanol–water partition coefficient (Wildman–Crippen LogP) is 6.17. The van der Waals surface area contributed by atoms with E-state index >= 15 is 0 Å². The maximum atomic E-state index is 12.9. The van der Waals surface area contributed by atoms with E-state index in [0.717, 1.165) is 53.5 Å². The fraction of sp³-hybridized carbons (Fsp3) is 0.321. The SMILES string of the molecule is CSc1ccc(NC(=O)N2CCN(c3nc(CCc4ccccc4)nc4sc(C)c(C)c34)CC2)cc1. The predicted molar refractivity (Wildman–Crippen MR) is 152 cm³/mol. The standard InChI is InChI=1S/C28H31N5OS2/c1-19-20(2)36-27-25(19)26(30-24(31-27)14-9-21-7-5-4-6-8-21)32-15-17-33(18-16-32)28(34)29-22-10-12-23(35-3)13-11-22/h4-8,10-13H,9,14-18H2,1-3H3,(H,29,34). The lowest BCUT2D eigenvalue weighted by molar-refractivity contribution is 0.208. The van der Waals surface area contributed by atoms with Crippen molar-refractivity contribution >= 4 is 50.9 Å². The number of fused-ring (bicyclic) bond motifs is 1. The molecule has 36 heavy (non-hydrogen) atoms. The lowest BCUT2D eigenvalue weighted by Crippen LogP contribution is -2.50. The lowest BCUT2D eigenvalue weighted by atomic mass is 10.1. The third-order valence-electron chi connectivity index (χ3n) is 6.74. The number of thioether (sulfide) groups is 1. The monoisotopic (exact) mass is 517 g/mol. The van der Waals surface area contributed by atoms with Crippen molar-refractivity contribution in [3.63, 3.8) is 0 Å². The molecular formula is C28H31N5OS2. The van der Waals surface area contributed by atoms with Gasteiger partial charge in [-0.25, -0.2) is 14.8 Å². The number of nitrogens with one attached hydrogen (secondary N) is 1. The minimum Gasteiger partial charge on any atom is -0.352 e. The van der Waals surface area contributed by atoms with Crippen LogP contribution in [0, 0.1) is 13.8 Å². The molecule has 0 atom stereocenters. The molecule has 0 radical (unpaired) electrons. The van der Waals surface area contributed by atoms with Crippen molar-refractivity contribution in [3.05, 3.63) is 76.4 Å². The van der Waals surface area contributed by atoms with Crippen molar-refractivity contribution in [1.82, 2.24) is 14.9 Å². The maximum absolute atomic E-state index is 12.9. The molecule has 1 fully saturated rings. The molecule has 2 aromatic carbocycles. The number of hydrogen-bond donors (Lipinski definition) is 1. The number of anilines is 2. The number of thiophene rings is 1. The normalized spacial score (nSPS) is 13.9. The number of piperazine rings is 1. The summed E-state index contributed by atoms with van der Waals surface area (Å²) in [4.78, 5) is 30.6. The molecule has 2 aromatic heterocycles. The highest BCUT2D eigenvalue weighted by atomic mass is 32.2. The van der Waals surface area contributed by atoms with Crippen LogP contribution in [0.1, 0.15) is 21.8 Å². The average molecular weight is 518 g/mol. The van der Waals surface area contributed by atoms with E-state index in [-0.39, 0.29) is 6.03 Å². The number of hydrogen-bond acceptors (Lipinski definition) is 6. The van der Waals surface area contributed by atoms with Gasteiger partial charge in [-0.1, -0.05) is 30.3 Å². The van der Waals surface area contributed by atoms with Gasteiger partial charge in [0.25, 0.3) is 0 Å². The Morgan fingerprint density at radius 2 is 1.69 bits per heavy atom. The van der Waals surface area contributed by atoms with E-state index in [1.807, 2.05) is 41.5 Å². The van der Waals surface area contributed by atoms with E-state index in [4.69, 9.17) is 9.97 Å². The molecular weight excluding hydrogens is 486 g/mol. The maximum Gasteiger partial charge on any atom is 0.321 e. The van der Waals surface area contributed by atoms with Gasteiger partial charge in [0.15, 0.2) is 0 Å². The third kappa shape index (κ3) is 5.34. The Labute approximate surface area is 220 Å². The van der Waals surface area contributed by atoms with Gasteiger partial charge in [-0.05, 0) is 61.9 Å². The highest BCUT2D eigenvalue weighted by molar-refractivity contribution is 7.98. The van der Waals surface area contributed by atoms with E-state index in [0.29, 0.717) is 13.1 Å². The Morgan fingerprint density at radius 1 is 0.972 bits per heavy atom. The summed E-state index contributed by atoms with van der Waals surface area (Å²) in [5, 5.41) is 4.20. The molecule has 0 aliphatic carbocycles. The fourth-order valence-electron chi connectivity index (χ4n) is 4.51. The summed E-state index contributed by atoms with van der Waals surface area (Å²) in [7, 11) is 0. The van der Waals surface area contributed by atoms with E-state index in [9.17, 15) is 4.79 Å². The molecule has 4 aromatic rings. The van der Waals surface area contributed by atoms with Crippen molar-refractivity contribution in [1.29, 1.82) is 0 Å². The topological polar surface area (TPSA) is 61.4 Å². The number of aryl methyl sites for hydroxylation is 4. The van der Waals surface area contributed by atoms with Crippen molar-refractivity contribution in [2.45, 2.75) is 31.6 Å². The molecule has 1 aliphatic heterocycles. The number of urea groups is 1. The summed E-state index contributed by atoms with van der Waals surface area (Å²) in [5.41, 5.74) is 3.38. The first-order valence-corrected chi connectivity index (χ1v) is 14.3. The summed E-state index contributed by atoms with van der Waals surface area (Å²) < 4.78 is 0. The average Bonchev–Trinajstić information content (AvgIpc) is 3.21. The minimum atomic E-state index is -0.0505. The van der Waals surface area contributed by atoms with Gasteiger partial charge in [0.2, 0.25) is 0 Å². The van der Waals surface area contributed by atoms with Crippen LogP contribution < -0.4 is 10.2 Å². The van der Waals surface area contributed by atoms with Crippen LogP contribution in [0.15, 0.2) is 59.5 Å². The molecule has 1 saturated heterocycles. The van der Waals surface area contributed by atoms with Gasteiger partial charge in [-0.2, -0.15) is 0 Å². The van der Waals surface area contributed by atoms with Crippen LogP contribution in [0.3, 0.4) is 0 Å². The van der Waals surface area contributed by atoms with Crippen molar-refractivity contribution in [3.8, 4) is 0 Å². The van der Waals surface area contributed by atoms with Gasteiger partial charge >= 0.3 is 6.03 Å². The smallest absolute Gasteiger partial charge is 0.321 e. The van der Waals surface area contributed by atoms with Gasteiger partial charge in [-0.3, -0.25) is 0 Å². The zero-order valence-electron chi connectivity index (χ0n) is 21.0. The number of rotatable bonds is 6. The molecule has 0 unspecified atom stereocenters. The highest BCUT2D eigenvalue weighted by Crippen LogP contribution is 2.35. The number of nitrogens with zero attached hydrogens (tertiary/aromatic N) is 4. The van der Waals surface area contributed by atoms with Gasteiger partial charge in [-0.15, -0.1) is 23.1 Å². The molecule has 0 bridgehead atoms. The third-order valence-corrected chi connectivity index (χ3v) is 8.59. The van der Waals surface area contributed by atoms with Crippen LogP contribution in [0.4, 0.5) is 16.3 Å². The number of aromatic nitrogens is 2. The van der Waals surface area contributed by atoms with Crippen LogP contribution in [-0.4, -0.2) is 53.3 Å². The zero-order chi connectivity index (χ0) is 25.1. The number of benzene rings is 2. The van der Waals surface area contributed by atoms with Gasteiger partial charge < -0.3 is 15.1 Å². The van der Waals surface area contributed by atoms with Crippen LogP contribution in [0.5, 0.6) is 0 Å².